The SMILES string of the molecule is Cc1ccc2[nH]c(C(=O)c3ccc(Cl)cc3)cc2c1. The molecular formula is C16H12ClNO. The van der Waals surface area contributed by atoms with E-state index in [1.807, 2.05) is 25.1 Å². The highest BCUT2D eigenvalue weighted by Gasteiger charge is 2.11. The Morgan fingerprint density at radius 3 is 2.53 bits per heavy atom. The summed E-state index contributed by atoms with van der Waals surface area (Å²) in [5.74, 6) is -0.0227. The molecule has 0 radical (unpaired) electrons. The number of benzene rings is 2. The largest absolute Gasteiger partial charge is 0.352 e. The summed E-state index contributed by atoms with van der Waals surface area (Å²) in [5, 5.41) is 1.68. The first kappa shape index (κ1) is 12.0. The van der Waals surface area contributed by atoms with Crippen LogP contribution in [0.4, 0.5) is 0 Å². The molecule has 0 amide bonds. The van der Waals surface area contributed by atoms with Crippen LogP contribution in [0.1, 0.15) is 21.6 Å². The van der Waals surface area contributed by atoms with Crippen LogP contribution < -0.4 is 0 Å². The van der Waals surface area contributed by atoms with Gasteiger partial charge in [-0.15, -0.1) is 0 Å². The smallest absolute Gasteiger partial charge is 0.209 e. The highest BCUT2D eigenvalue weighted by atomic mass is 35.5. The zero-order valence-electron chi connectivity index (χ0n) is 10.4. The van der Waals surface area contributed by atoms with Gasteiger partial charge in [-0.05, 0) is 49.4 Å². The highest BCUT2D eigenvalue weighted by Crippen LogP contribution is 2.20. The number of aryl methyl sites for hydroxylation is 1. The fourth-order valence-corrected chi connectivity index (χ4v) is 2.26. The average molecular weight is 270 g/mol. The van der Waals surface area contributed by atoms with Crippen LogP contribution in [0.25, 0.3) is 10.9 Å². The Morgan fingerprint density at radius 1 is 1.05 bits per heavy atom. The van der Waals surface area contributed by atoms with E-state index in [0.717, 1.165) is 10.9 Å². The number of carbonyl (C=O) groups excluding carboxylic acids is 1. The van der Waals surface area contributed by atoms with E-state index >= 15 is 0 Å². The van der Waals surface area contributed by atoms with E-state index in [9.17, 15) is 4.79 Å². The van der Waals surface area contributed by atoms with Crippen molar-refractivity contribution in [3.8, 4) is 0 Å². The van der Waals surface area contributed by atoms with E-state index in [2.05, 4.69) is 11.1 Å². The lowest BCUT2D eigenvalue weighted by Gasteiger charge is -1.98. The average Bonchev–Trinajstić information content (AvgIpc) is 2.81. The van der Waals surface area contributed by atoms with Gasteiger partial charge in [-0.1, -0.05) is 23.2 Å². The van der Waals surface area contributed by atoms with Gasteiger partial charge >= 0.3 is 0 Å². The van der Waals surface area contributed by atoms with Crippen molar-refractivity contribution >= 4 is 28.3 Å². The Bertz CT molecular complexity index is 756. The fraction of sp³-hybridized carbons (Fsp3) is 0.0625. The topological polar surface area (TPSA) is 32.9 Å². The molecule has 2 nitrogen and oxygen atoms in total. The molecule has 1 aromatic heterocycles. The lowest BCUT2D eigenvalue weighted by atomic mass is 10.1. The summed E-state index contributed by atoms with van der Waals surface area (Å²) < 4.78 is 0. The molecule has 3 rings (SSSR count). The van der Waals surface area contributed by atoms with E-state index in [1.165, 1.54) is 5.56 Å². The maximum absolute atomic E-state index is 12.3. The van der Waals surface area contributed by atoms with Crippen molar-refractivity contribution in [3.05, 3.63) is 70.4 Å². The number of H-pyrrole nitrogens is 1. The maximum Gasteiger partial charge on any atom is 0.209 e. The van der Waals surface area contributed by atoms with E-state index in [-0.39, 0.29) is 5.78 Å². The summed E-state index contributed by atoms with van der Waals surface area (Å²) in [6, 6.07) is 14.9. The van der Waals surface area contributed by atoms with Gasteiger partial charge in [0, 0.05) is 21.5 Å². The molecule has 0 unspecified atom stereocenters. The summed E-state index contributed by atoms with van der Waals surface area (Å²) in [4.78, 5) is 15.5. The number of ketones is 1. The fourth-order valence-electron chi connectivity index (χ4n) is 2.13. The van der Waals surface area contributed by atoms with E-state index in [4.69, 9.17) is 11.6 Å². The summed E-state index contributed by atoms with van der Waals surface area (Å²) >= 11 is 5.82. The molecule has 3 aromatic rings. The predicted molar refractivity (Wildman–Crippen MR) is 77.9 cm³/mol. The van der Waals surface area contributed by atoms with Crippen LogP contribution >= 0.6 is 11.6 Å². The highest BCUT2D eigenvalue weighted by molar-refractivity contribution is 6.30. The van der Waals surface area contributed by atoms with E-state index in [1.54, 1.807) is 24.3 Å². The summed E-state index contributed by atoms with van der Waals surface area (Å²) in [6.45, 7) is 2.03. The quantitative estimate of drug-likeness (QED) is 0.689. The molecule has 0 atom stereocenters. The van der Waals surface area contributed by atoms with Gasteiger partial charge in [0.2, 0.25) is 5.78 Å². The van der Waals surface area contributed by atoms with Crippen molar-refractivity contribution < 1.29 is 4.79 Å². The molecule has 0 spiro atoms. The van der Waals surface area contributed by atoms with Crippen molar-refractivity contribution in [2.24, 2.45) is 0 Å². The minimum atomic E-state index is -0.0227. The Morgan fingerprint density at radius 2 is 1.79 bits per heavy atom. The first-order valence-electron chi connectivity index (χ1n) is 6.03. The number of hydrogen-bond donors (Lipinski definition) is 1. The van der Waals surface area contributed by atoms with Crippen molar-refractivity contribution in [3.63, 3.8) is 0 Å². The molecule has 2 aromatic carbocycles. The number of rotatable bonds is 2. The normalized spacial score (nSPS) is 10.8. The van der Waals surface area contributed by atoms with Crippen LogP contribution in [0.2, 0.25) is 5.02 Å². The van der Waals surface area contributed by atoms with Crippen molar-refractivity contribution in [1.82, 2.24) is 4.98 Å². The standard InChI is InChI=1S/C16H12ClNO/c1-10-2-7-14-12(8-10)9-15(18-14)16(19)11-3-5-13(17)6-4-11/h2-9,18H,1H3. The Hall–Kier alpha value is -2.06. The molecule has 19 heavy (non-hydrogen) atoms. The van der Waals surface area contributed by atoms with Gasteiger partial charge in [-0.2, -0.15) is 0 Å². The molecule has 0 saturated carbocycles. The number of fused-ring (bicyclic) bond motifs is 1. The first-order valence-corrected chi connectivity index (χ1v) is 6.41. The number of aromatic amines is 1. The molecule has 1 N–H and O–H groups in total. The molecule has 0 aliphatic rings. The zero-order valence-corrected chi connectivity index (χ0v) is 11.2. The minimum absolute atomic E-state index is 0.0227. The molecule has 0 aliphatic carbocycles. The number of halogens is 1. The zero-order chi connectivity index (χ0) is 13.4. The lowest BCUT2D eigenvalue weighted by molar-refractivity contribution is 0.103. The van der Waals surface area contributed by atoms with Crippen LogP contribution in [0.15, 0.2) is 48.5 Å². The van der Waals surface area contributed by atoms with Crippen molar-refractivity contribution in [2.75, 3.05) is 0 Å². The molecule has 0 bridgehead atoms. The molecule has 0 saturated heterocycles. The van der Waals surface area contributed by atoms with Crippen LogP contribution in [0, 0.1) is 6.92 Å². The van der Waals surface area contributed by atoms with Crippen molar-refractivity contribution in [2.45, 2.75) is 6.92 Å². The lowest BCUT2D eigenvalue weighted by Crippen LogP contribution is -2.00. The van der Waals surface area contributed by atoms with E-state index < -0.39 is 0 Å². The second-order valence-electron chi connectivity index (χ2n) is 4.61. The van der Waals surface area contributed by atoms with Gasteiger partial charge in [-0.3, -0.25) is 4.79 Å². The number of hydrogen-bond acceptors (Lipinski definition) is 1. The Kier molecular flexibility index (Phi) is 2.88. The van der Waals surface area contributed by atoms with Crippen LogP contribution in [-0.2, 0) is 0 Å². The second kappa shape index (κ2) is 4.56. The van der Waals surface area contributed by atoms with Gasteiger partial charge in [0.25, 0.3) is 0 Å². The molecular weight excluding hydrogens is 258 g/mol. The third kappa shape index (κ3) is 2.27. The molecule has 0 aliphatic heterocycles. The number of aromatic nitrogens is 1. The molecule has 0 fully saturated rings. The maximum atomic E-state index is 12.3. The van der Waals surface area contributed by atoms with Crippen molar-refractivity contribution in [1.29, 1.82) is 0 Å². The minimum Gasteiger partial charge on any atom is -0.352 e. The third-order valence-electron chi connectivity index (χ3n) is 3.13. The second-order valence-corrected chi connectivity index (χ2v) is 5.05. The Labute approximate surface area is 116 Å². The monoisotopic (exact) mass is 269 g/mol. The first-order chi connectivity index (χ1) is 9.13. The summed E-state index contributed by atoms with van der Waals surface area (Å²) in [5.41, 5.74) is 3.38. The van der Waals surface area contributed by atoms with Gasteiger partial charge in [0.15, 0.2) is 0 Å². The molecule has 1 heterocycles. The van der Waals surface area contributed by atoms with Crippen LogP contribution in [0.3, 0.4) is 0 Å². The summed E-state index contributed by atoms with van der Waals surface area (Å²) in [7, 11) is 0. The van der Waals surface area contributed by atoms with Gasteiger partial charge in [0.05, 0.1) is 5.69 Å². The number of carbonyl (C=O) groups is 1. The van der Waals surface area contributed by atoms with Gasteiger partial charge < -0.3 is 4.98 Å². The Balaban J connectivity index is 2.04. The van der Waals surface area contributed by atoms with Crippen LogP contribution in [-0.4, -0.2) is 10.8 Å². The summed E-state index contributed by atoms with van der Waals surface area (Å²) in [6.07, 6.45) is 0. The van der Waals surface area contributed by atoms with Gasteiger partial charge in [0.1, 0.15) is 0 Å². The predicted octanol–water partition coefficient (Wildman–Crippen LogP) is 4.36. The number of nitrogens with one attached hydrogen (secondary N) is 1. The molecule has 94 valence electrons. The van der Waals surface area contributed by atoms with E-state index in [0.29, 0.717) is 16.3 Å². The van der Waals surface area contributed by atoms with Crippen LogP contribution in [0.5, 0.6) is 0 Å². The van der Waals surface area contributed by atoms with Gasteiger partial charge in [-0.25, -0.2) is 0 Å². The molecule has 3 heteroatoms. The third-order valence-corrected chi connectivity index (χ3v) is 3.38.